The molecule has 1 saturated heterocycles. The second-order valence-electron chi connectivity index (χ2n) is 21.6. The van der Waals surface area contributed by atoms with Crippen molar-refractivity contribution in [2.75, 3.05) is 31.8 Å². The monoisotopic (exact) mass is 1120 g/mol. The number of alkyl carbamates (subject to hydrolysis) is 1. The number of ketones is 1. The standard InChI is InChI=1S/C56H67N3O19S/c1-30-36(27-56(70)46(76-48(66)34-18-14-11-15-19-34)44-54(8,45(64)42(63)40(30)53(56,6)7)37(61)26-38-55(44,29-73-38)77-31(2)60)74-49(67)43(41(32-16-12-10-13-17-32)57-50(68)78-52(3,4)5)75-39(62)28-72-35-22-20-33(21-23-35)47(65)58-59-51(69)71-24-25-79-9/h10-23,36-38,41-44,46,61,63,70H,24-29H2,1-9H3,(H,57,68)(H,58,65)(H,59,69)/t36-,37-,38+,41-,42+,43+,44-,46-,54+,55-,56+/m0/s1. The van der Waals surface area contributed by atoms with Crippen molar-refractivity contribution in [3.63, 3.8) is 0 Å². The average molecular weight is 1120 g/mol. The Morgan fingerprint density at radius 3 is 2.10 bits per heavy atom. The highest BCUT2D eigenvalue weighted by molar-refractivity contribution is 7.98. The number of hydrogen-bond donors (Lipinski definition) is 6. The molecule has 1 aliphatic heterocycles. The lowest BCUT2D eigenvalue weighted by Gasteiger charge is -2.67. The van der Waals surface area contributed by atoms with Crippen LogP contribution in [0, 0.1) is 16.7 Å². The first-order chi connectivity index (χ1) is 37.2. The highest BCUT2D eigenvalue weighted by Crippen LogP contribution is 2.64. The van der Waals surface area contributed by atoms with Crippen LogP contribution in [0.3, 0.4) is 0 Å². The fourth-order valence-electron chi connectivity index (χ4n) is 11.1. The molecule has 1 heterocycles. The smallest absolute Gasteiger partial charge is 0.426 e. The summed E-state index contributed by atoms with van der Waals surface area (Å²) in [6.45, 7) is 10.7. The number of amides is 3. The van der Waals surface area contributed by atoms with Gasteiger partial charge in [-0.25, -0.2) is 29.4 Å². The lowest BCUT2D eigenvalue weighted by molar-refractivity contribution is -0.346. The first kappa shape index (κ1) is 59.6. The number of fused-ring (bicyclic) bond motifs is 5. The van der Waals surface area contributed by atoms with Gasteiger partial charge in [-0.15, -0.1) is 0 Å². The predicted molar refractivity (Wildman–Crippen MR) is 280 cm³/mol. The van der Waals surface area contributed by atoms with Crippen molar-refractivity contribution >= 4 is 59.5 Å². The largest absolute Gasteiger partial charge is 0.482 e. The summed E-state index contributed by atoms with van der Waals surface area (Å²) in [4.78, 5) is 110. The van der Waals surface area contributed by atoms with E-state index in [9.17, 15) is 44.1 Å². The number of Topliss-reactive ketones (excluding diaryl/α,β-unsaturated/α-hetero) is 1. The molecule has 426 valence electrons. The van der Waals surface area contributed by atoms with Gasteiger partial charge in [-0.3, -0.25) is 19.8 Å². The van der Waals surface area contributed by atoms with Crippen molar-refractivity contribution in [3.05, 3.63) is 113 Å². The Morgan fingerprint density at radius 2 is 1.51 bits per heavy atom. The van der Waals surface area contributed by atoms with Gasteiger partial charge in [-0.2, -0.15) is 11.8 Å². The van der Waals surface area contributed by atoms with Crippen molar-refractivity contribution in [1.29, 1.82) is 0 Å². The zero-order chi connectivity index (χ0) is 57.8. The van der Waals surface area contributed by atoms with Crippen molar-refractivity contribution in [1.82, 2.24) is 16.2 Å². The van der Waals surface area contributed by atoms with Gasteiger partial charge in [-0.05, 0) is 94.0 Å². The van der Waals surface area contributed by atoms with Gasteiger partial charge >= 0.3 is 36.1 Å². The maximum atomic E-state index is 15.3. The second-order valence-corrected chi connectivity index (χ2v) is 22.5. The maximum absolute atomic E-state index is 15.3. The van der Waals surface area contributed by atoms with Crippen LogP contribution in [0.1, 0.15) is 101 Å². The van der Waals surface area contributed by atoms with Gasteiger partial charge in [0.05, 0.1) is 29.6 Å². The molecule has 2 bridgehead atoms. The van der Waals surface area contributed by atoms with E-state index in [0.717, 1.165) is 6.92 Å². The fraction of sp³-hybridized carbons (Fsp3) is 0.500. The topological polar surface area (TPSA) is 307 Å². The molecule has 22 nitrogen and oxygen atoms in total. The van der Waals surface area contributed by atoms with Crippen LogP contribution >= 0.6 is 11.8 Å². The number of esters is 4. The van der Waals surface area contributed by atoms with Crippen molar-refractivity contribution in [2.45, 2.75) is 128 Å². The van der Waals surface area contributed by atoms with Crippen LogP contribution in [0.25, 0.3) is 0 Å². The van der Waals surface area contributed by atoms with Crippen LogP contribution in [-0.2, 0) is 52.3 Å². The number of carbonyl (C=O) groups is 8. The van der Waals surface area contributed by atoms with Gasteiger partial charge in [0, 0.05) is 36.5 Å². The summed E-state index contributed by atoms with van der Waals surface area (Å²) in [7, 11) is 0. The highest BCUT2D eigenvalue weighted by atomic mass is 32.2. The number of carbonyl (C=O) groups excluding carboxylic acids is 8. The molecule has 3 fully saturated rings. The van der Waals surface area contributed by atoms with E-state index in [1.54, 1.807) is 57.2 Å². The molecule has 0 unspecified atom stereocenters. The molecule has 3 aromatic carbocycles. The van der Waals surface area contributed by atoms with Crippen molar-refractivity contribution in [2.24, 2.45) is 16.7 Å². The van der Waals surface area contributed by atoms with Gasteiger partial charge in [-0.1, -0.05) is 62.4 Å². The number of nitrogens with one attached hydrogen (secondary N) is 3. The summed E-state index contributed by atoms with van der Waals surface area (Å²) >= 11 is 1.47. The zero-order valence-corrected chi connectivity index (χ0v) is 46.0. The molecule has 0 radical (unpaired) electrons. The highest BCUT2D eigenvalue weighted by Gasteiger charge is 2.78. The van der Waals surface area contributed by atoms with Gasteiger partial charge in [0.25, 0.3) is 5.91 Å². The van der Waals surface area contributed by atoms with Gasteiger partial charge in [0.15, 0.2) is 18.0 Å². The third kappa shape index (κ3) is 12.2. The summed E-state index contributed by atoms with van der Waals surface area (Å²) in [6, 6.07) is 19.4. The molecule has 79 heavy (non-hydrogen) atoms. The summed E-state index contributed by atoms with van der Waals surface area (Å²) in [5, 5.41) is 41.0. The molecule has 23 heteroatoms. The quantitative estimate of drug-likeness (QED) is 0.0375. The van der Waals surface area contributed by atoms with E-state index in [0.29, 0.717) is 5.75 Å². The van der Waals surface area contributed by atoms with E-state index in [1.165, 1.54) is 88.0 Å². The third-order valence-electron chi connectivity index (χ3n) is 15.1. The minimum atomic E-state index is -2.49. The Bertz CT molecular complexity index is 2820. The number of benzene rings is 3. The Balaban J connectivity index is 1.26. The molecule has 3 amide bonds. The van der Waals surface area contributed by atoms with Gasteiger partial charge < -0.3 is 58.5 Å². The summed E-state index contributed by atoms with van der Waals surface area (Å²) < 4.78 is 46.7. The first-order valence-electron chi connectivity index (χ1n) is 25.5. The first-order valence-corrected chi connectivity index (χ1v) is 26.9. The number of thioether (sulfide) groups is 1. The van der Waals surface area contributed by atoms with Crippen molar-refractivity contribution < 1.29 is 91.6 Å². The molecule has 7 rings (SSSR count). The molecule has 3 aromatic rings. The molecule has 11 atom stereocenters. The Hall–Kier alpha value is -7.05. The SMILES string of the molecule is CSCCOC(=O)NNC(=O)c1ccc(OCC(=O)O[C@@H](C(=O)O[C@H]2C[C@@]3(O)[C@@H](OC(=O)c4ccccc4)[C@@H]4[C@]5(OC(C)=O)CO[C@@H]5C[C@H](O)[C@@]4(C)C(=O)[C@H](O)C(=C2C)C3(C)C)[C@@H](NC(=O)OC(C)(C)C)c2ccccc2)cc1. The number of aliphatic hydroxyl groups is 3. The van der Waals surface area contributed by atoms with Crippen LogP contribution < -0.4 is 20.9 Å². The Morgan fingerprint density at radius 1 is 0.861 bits per heavy atom. The minimum Gasteiger partial charge on any atom is -0.482 e. The predicted octanol–water partition coefficient (Wildman–Crippen LogP) is 4.62. The van der Waals surface area contributed by atoms with E-state index in [1.807, 2.05) is 6.26 Å². The minimum absolute atomic E-state index is 0.0250. The molecule has 6 N–H and O–H groups in total. The third-order valence-corrected chi connectivity index (χ3v) is 15.7. The van der Waals surface area contributed by atoms with Crippen LogP contribution in [0.5, 0.6) is 5.75 Å². The van der Waals surface area contributed by atoms with Crippen LogP contribution in [0.2, 0.25) is 0 Å². The Labute approximate surface area is 460 Å². The maximum Gasteiger partial charge on any atom is 0.426 e. The molecule has 0 spiro atoms. The van der Waals surface area contributed by atoms with E-state index < -0.39 is 137 Å². The molecule has 3 aliphatic carbocycles. The molecular weight excluding hydrogens is 1050 g/mol. The van der Waals surface area contributed by atoms with E-state index in [2.05, 4.69) is 16.2 Å². The number of ether oxygens (including phenoxy) is 8. The molecule has 4 aliphatic rings. The molecular formula is C56H67N3O19S. The average Bonchev–Trinajstić information content (AvgIpc) is 2.09. The Kier molecular flexibility index (Phi) is 17.9. The fourth-order valence-corrected chi connectivity index (χ4v) is 11.4. The molecule has 0 aromatic heterocycles. The summed E-state index contributed by atoms with van der Waals surface area (Å²) in [5.41, 5.74) is -4.62. The van der Waals surface area contributed by atoms with Gasteiger partial charge in [0.1, 0.15) is 54.0 Å². The van der Waals surface area contributed by atoms with Crippen LogP contribution in [0.4, 0.5) is 9.59 Å². The number of aliphatic hydroxyl groups excluding tert-OH is 2. The zero-order valence-electron chi connectivity index (χ0n) is 45.2. The lowest BCUT2D eigenvalue weighted by Crippen LogP contribution is -2.81. The normalized spacial score (nSPS) is 27.5. The summed E-state index contributed by atoms with van der Waals surface area (Å²) in [6.07, 6.45) is -11.4. The van der Waals surface area contributed by atoms with Crippen molar-refractivity contribution in [3.8, 4) is 5.75 Å². The molecule has 2 saturated carbocycles. The van der Waals surface area contributed by atoms with Crippen LogP contribution in [0.15, 0.2) is 96.1 Å². The van der Waals surface area contributed by atoms with E-state index in [-0.39, 0.29) is 53.2 Å². The summed E-state index contributed by atoms with van der Waals surface area (Å²) in [5.74, 6) is -6.96. The van der Waals surface area contributed by atoms with E-state index in [4.69, 9.17) is 37.9 Å². The second kappa shape index (κ2) is 23.7. The van der Waals surface area contributed by atoms with Crippen LogP contribution in [-0.4, -0.2) is 148 Å². The number of hydrazine groups is 1. The number of rotatable bonds is 16. The van der Waals surface area contributed by atoms with E-state index >= 15 is 9.59 Å². The lowest BCUT2D eigenvalue weighted by atomic mass is 9.44. The van der Waals surface area contributed by atoms with Gasteiger partial charge in [0.2, 0.25) is 6.10 Å². The number of hydrogen-bond acceptors (Lipinski definition) is 20.